The van der Waals surface area contributed by atoms with E-state index in [0.717, 1.165) is 49.4 Å². The lowest BCUT2D eigenvalue weighted by Gasteiger charge is -2.31. The maximum atomic E-state index is 9.20. The summed E-state index contributed by atoms with van der Waals surface area (Å²) in [6, 6.07) is 5.85. The third-order valence-corrected chi connectivity index (χ3v) is 3.97. The van der Waals surface area contributed by atoms with Crippen LogP contribution in [0.15, 0.2) is 18.2 Å². The van der Waals surface area contributed by atoms with Gasteiger partial charge in [-0.15, -0.1) is 0 Å². The first-order valence-corrected chi connectivity index (χ1v) is 7.36. The number of methoxy groups -OCH3 is 1. The molecule has 0 atom stereocenters. The van der Waals surface area contributed by atoms with E-state index in [4.69, 9.17) is 9.84 Å². The number of ether oxygens (including phenoxy) is 1. The summed E-state index contributed by atoms with van der Waals surface area (Å²) in [5, 5.41) is 18.1. The van der Waals surface area contributed by atoms with Crippen molar-refractivity contribution in [2.45, 2.75) is 19.4 Å². The molecule has 0 unspecified atom stereocenters. The normalized spacial score (nSPS) is 16.3. The Morgan fingerprint density at radius 3 is 2.67 bits per heavy atom. The third-order valence-electron chi connectivity index (χ3n) is 3.97. The molecule has 1 saturated heterocycles. The van der Waals surface area contributed by atoms with E-state index in [2.05, 4.69) is 16.7 Å². The van der Waals surface area contributed by atoms with Crippen molar-refractivity contribution >= 4 is 0 Å². The first-order valence-electron chi connectivity index (χ1n) is 7.36. The van der Waals surface area contributed by atoms with Gasteiger partial charge in [-0.1, -0.05) is 11.8 Å². The SMILES string of the molecule is COc1ccc(C#CCO)c(CN2CCC(CO)CC2)c1. The molecule has 1 aromatic carbocycles. The molecule has 114 valence electrons. The van der Waals surface area contributed by atoms with Crippen LogP contribution in [0, 0.1) is 17.8 Å². The molecular weight excluding hydrogens is 266 g/mol. The zero-order valence-electron chi connectivity index (χ0n) is 12.5. The van der Waals surface area contributed by atoms with Crippen molar-refractivity contribution < 1.29 is 14.9 Å². The second-order valence-electron chi connectivity index (χ2n) is 5.39. The molecule has 2 rings (SSSR count). The fourth-order valence-corrected chi connectivity index (χ4v) is 2.65. The first-order chi connectivity index (χ1) is 10.3. The lowest BCUT2D eigenvalue weighted by atomic mass is 9.97. The van der Waals surface area contributed by atoms with Gasteiger partial charge in [0, 0.05) is 18.7 Å². The minimum atomic E-state index is -0.132. The predicted molar refractivity (Wildman–Crippen MR) is 82.0 cm³/mol. The van der Waals surface area contributed by atoms with Crippen molar-refractivity contribution in [1.82, 2.24) is 4.90 Å². The molecule has 2 N–H and O–H groups in total. The minimum absolute atomic E-state index is 0.132. The highest BCUT2D eigenvalue weighted by Gasteiger charge is 2.19. The van der Waals surface area contributed by atoms with Gasteiger partial charge in [0.05, 0.1) is 7.11 Å². The van der Waals surface area contributed by atoms with Crippen molar-refractivity contribution in [3.8, 4) is 17.6 Å². The molecule has 0 aromatic heterocycles. The highest BCUT2D eigenvalue weighted by atomic mass is 16.5. The van der Waals surface area contributed by atoms with E-state index < -0.39 is 0 Å². The molecule has 0 bridgehead atoms. The molecular formula is C17H23NO3. The second kappa shape index (κ2) is 8.04. The van der Waals surface area contributed by atoms with Crippen LogP contribution in [-0.2, 0) is 6.54 Å². The summed E-state index contributed by atoms with van der Waals surface area (Å²) >= 11 is 0. The fraction of sp³-hybridized carbons (Fsp3) is 0.529. The van der Waals surface area contributed by atoms with E-state index in [1.807, 2.05) is 18.2 Å². The zero-order valence-corrected chi connectivity index (χ0v) is 12.5. The predicted octanol–water partition coefficient (Wildman–Crippen LogP) is 1.24. The molecule has 0 radical (unpaired) electrons. The van der Waals surface area contributed by atoms with Crippen LogP contribution in [-0.4, -0.2) is 48.5 Å². The maximum absolute atomic E-state index is 9.20. The summed E-state index contributed by atoms with van der Waals surface area (Å²) in [6.07, 6.45) is 2.08. The summed E-state index contributed by atoms with van der Waals surface area (Å²) in [5.41, 5.74) is 2.06. The Bertz CT molecular complexity index is 511. The number of rotatable bonds is 4. The van der Waals surface area contributed by atoms with Crippen LogP contribution in [0.5, 0.6) is 5.75 Å². The van der Waals surface area contributed by atoms with E-state index >= 15 is 0 Å². The van der Waals surface area contributed by atoms with Gasteiger partial charge in [-0.3, -0.25) is 4.90 Å². The fourth-order valence-electron chi connectivity index (χ4n) is 2.65. The second-order valence-corrected chi connectivity index (χ2v) is 5.39. The average Bonchev–Trinajstić information content (AvgIpc) is 2.54. The van der Waals surface area contributed by atoms with E-state index in [1.165, 1.54) is 0 Å². The molecule has 1 aromatic rings. The minimum Gasteiger partial charge on any atom is -0.497 e. The third kappa shape index (κ3) is 4.47. The van der Waals surface area contributed by atoms with Gasteiger partial charge in [0.1, 0.15) is 12.4 Å². The van der Waals surface area contributed by atoms with Crippen molar-refractivity contribution in [1.29, 1.82) is 0 Å². The Morgan fingerprint density at radius 1 is 1.29 bits per heavy atom. The number of likely N-dealkylation sites (tertiary alicyclic amines) is 1. The Labute approximate surface area is 126 Å². The molecule has 0 spiro atoms. The summed E-state index contributed by atoms with van der Waals surface area (Å²) < 4.78 is 5.29. The molecule has 21 heavy (non-hydrogen) atoms. The summed E-state index contributed by atoms with van der Waals surface area (Å²) in [7, 11) is 1.66. The molecule has 1 aliphatic rings. The van der Waals surface area contributed by atoms with Gasteiger partial charge in [0.15, 0.2) is 0 Å². The molecule has 4 nitrogen and oxygen atoms in total. The highest BCUT2D eigenvalue weighted by molar-refractivity contribution is 5.45. The van der Waals surface area contributed by atoms with Gasteiger partial charge >= 0.3 is 0 Å². The standard InChI is InChI=1S/C17H23NO3/c1-21-17-5-4-15(3-2-10-19)16(11-17)12-18-8-6-14(13-20)7-9-18/h4-5,11,14,19-20H,6-10,12-13H2,1H3. The molecule has 0 saturated carbocycles. The zero-order chi connectivity index (χ0) is 15.1. The highest BCUT2D eigenvalue weighted by Crippen LogP contribution is 2.22. The molecule has 0 amide bonds. The first kappa shape index (κ1) is 15.8. The molecule has 1 fully saturated rings. The Morgan fingerprint density at radius 2 is 2.05 bits per heavy atom. The molecule has 1 aliphatic heterocycles. The van der Waals surface area contributed by atoms with Gasteiger partial charge in [-0.2, -0.15) is 0 Å². The summed E-state index contributed by atoms with van der Waals surface area (Å²) in [4.78, 5) is 2.38. The van der Waals surface area contributed by atoms with Crippen LogP contribution >= 0.6 is 0 Å². The van der Waals surface area contributed by atoms with Crippen molar-refractivity contribution in [2.75, 3.05) is 33.4 Å². The van der Waals surface area contributed by atoms with E-state index in [1.54, 1.807) is 7.11 Å². The number of nitrogens with zero attached hydrogens (tertiary/aromatic N) is 1. The monoisotopic (exact) mass is 289 g/mol. The maximum Gasteiger partial charge on any atom is 0.119 e. The lowest BCUT2D eigenvalue weighted by Crippen LogP contribution is -2.34. The van der Waals surface area contributed by atoms with Gasteiger partial charge in [0.25, 0.3) is 0 Å². The Balaban J connectivity index is 2.10. The smallest absolute Gasteiger partial charge is 0.119 e. The van der Waals surface area contributed by atoms with E-state index in [0.29, 0.717) is 12.5 Å². The molecule has 1 heterocycles. The van der Waals surface area contributed by atoms with Gasteiger partial charge in [0.2, 0.25) is 0 Å². The largest absolute Gasteiger partial charge is 0.497 e. The van der Waals surface area contributed by atoms with Crippen LogP contribution in [0.25, 0.3) is 0 Å². The number of hydrogen-bond acceptors (Lipinski definition) is 4. The number of hydrogen-bond donors (Lipinski definition) is 2. The number of piperidine rings is 1. The summed E-state index contributed by atoms with van der Waals surface area (Å²) in [6.45, 7) is 2.98. The van der Waals surface area contributed by atoms with Crippen LogP contribution in [0.2, 0.25) is 0 Å². The molecule has 4 heteroatoms. The van der Waals surface area contributed by atoms with Crippen molar-refractivity contribution in [2.24, 2.45) is 5.92 Å². The summed E-state index contributed by atoms with van der Waals surface area (Å²) in [5.74, 6) is 6.98. The quantitative estimate of drug-likeness (QED) is 0.819. The molecule has 0 aliphatic carbocycles. The van der Waals surface area contributed by atoms with E-state index in [9.17, 15) is 5.11 Å². The van der Waals surface area contributed by atoms with Crippen LogP contribution in [0.3, 0.4) is 0 Å². The van der Waals surface area contributed by atoms with Crippen LogP contribution in [0.4, 0.5) is 0 Å². The van der Waals surface area contributed by atoms with Crippen LogP contribution < -0.4 is 4.74 Å². The number of aliphatic hydroxyl groups is 2. The van der Waals surface area contributed by atoms with Crippen molar-refractivity contribution in [3.63, 3.8) is 0 Å². The van der Waals surface area contributed by atoms with Gasteiger partial charge in [-0.25, -0.2) is 0 Å². The van der Waals surface area contributed by atoms with Crippen molar-refractivity contribution in [3.05, 3.63) is 29.3 Å². The van der Waals surface area contributed by atoms with Gasteiger partial charge < -0.3 is 14.9 Å². The average molecular weight is 289 g/mol. The van der Waals surface area contributed by atoms with Gasteiger partial charge in [-0.05, 0) is 55.6 Å². The Kier molecular flexibility index (Phi) is 6.06. The van der Waals surface area contributed by atoms with E-state index in [-0.39, 0.29) is 6.61 Å². The van der Waals surface area contributed by atoms with Crippen LogP contribution in [0.1, 0.15) is 24.0 Å². The lowest BCUT2D eigenvalue weighted by molar-refractivity contribution is 0.127. The number of benzene rings is 1. The number of aliphatic hydroxyl groups excluding tert-OH is 2. The Hall–Kier alpha value is -1.54. The topological polar surface area (TPSA) is 52.9 Å².